The van der Waals surface area contributed by atoms with Gasteiger partial charge in [0.25, 0.3) is 0 Å². The molecule has 292 valence electrons. The highest BCUT2D eigenvalue weighted by atomic mass is 15.1. The van der Waals surface area contributed by atoms with E-state index in [9.17, 15) is 0 Å². The average Bonchev–Trinajstić information content (AvgIpc) is 3.33. The monoisotopic (exact) mass is 789 g/mol. The summed E-state index contributed by atoms with van der Waals surface area (Å²) < 4.78 is 0. The number of hydrogen-bond donors (Lipinski definition) is 0. The van der Waals surface area contributed by atoms with E-state index in [-0.39, 0.29) is 0 Å². The summed E-state index contributed by atoms with van der Waals surface area (Å²) in [6.07, 6.45) is 4.50. The molecule has 0 aliphatic heterocycles. The quantitative estimate of drug-likeness (QED) is 0.109. The van der Waals surface area contributed by atoms with E-state index in [4.69, 9.17) is 0 Å². The Hall–Kier alpha value is -8.00. The van der Waals surface area contributed by atoms with Crippen LogP contribution in [0.5, 0.6) is 0 Å². The van der Waals surface area contributed by atoms with Gasteiger partial charge in [-0.15, -0.1) is 0 Å². The van der Waals surface area contributed by atoms with Crippen molar-refractivity contribution in [2.75, 3.05) is 4.90 Å². The van der Waals surface area contributed by atoms with Gasteiger partial charge in [0.1, 0.15) is 0 Å². The topological polar surface area (TPSA) is 3.24 Å². The summed E-state index contributed by atoms with van der Waals surface area (Å²) in [6.45, 7) is 2.15. The number of nitrogens with zero attached hydrogens (tertiary/aromatic N) is 1. The van der Waals surface area contributed by atoms with Crippen molar-refractivity contribution in [1.82, 2.24) is 0 Å². The van der Waals surface area contributed by atoms with Gasteiger partial charge in [-0.2, -0.15) is 0 Å². The molecule has 0 bridgehead atoms. The molecule has 1 heteroatoms. The first-order chi connectivity index (χ1) is 30.7. The molecule has 0 atom stereocenters. The van der Waals surface area contributed by atoms with Crippen molar-refractivity contribution >= 4 is 72.3 Å². The lowest BCUT2D eigenvalue weighted by Gasteiger charge is -2.26. The highest BCUT2D eigenvalue weighted by Gasteiger charge is 2.18. The Bertz CT molecular complexity index is 3390. The normalized spacial score (nSPS) is 11.6. The van der Waals surface area contributed by atoms with Gasteiger partial charge in [-0.1, -0.05) is 206 Å². The molecule has 0 spiro atoms. The molecule has 0 unspecified atom stereocenters. The molecule has 11 aromatic carbocycles. The van der Waals surface area contributed by atoms with E-state index in [1.54, 1.807) is 0 Å². The van der Waals surface area contributed by atoms with Crippen molar-refractivity contribution in [2.24, 2.45) is 0 Å². The van der Waals surface area contributed by atoms with Gasteiger partial charge in [-0.3, -0.25) is 0 Å². The van der Waals surface area contributed by atoms with Crippen molar-refractivity contribution < 1.29 is 0 Å². The Morgan fingerprint density at radius 2 is 0.806 bits per heavy atom. The molecule has 0 saturated heterocycles. The number of rotatable bonds is 8. The lowest BCUT2D eigenvalue weighted by Crippen LogP contribution is -2.09. The van der Waals surface area contributed by atoms with Crippen molar-refractivity contribution in [3.8, 4) is 33.4 Å². The summed E-state index contributed by atoms with van der Waals surface area (Å²) in [6, 6.07) is 83.9. The van der Waals surface area contributed by atoms with Crippen molar-refractivity contribution in [2.45, 2.75) is 6.92 Å². The maximum Gasteiger partial charge on any atom is 0.0464 e. The second-order valence-corrected chi connectivity index (χ2v) is 16.1. The SMILES string of the molecule is Cc1cccc(N(c2ccccc2)c2ccc(-c3c4ccccc4c(-c4ccc(C=Cc5ccc(-c6cccc7ccccc67)c6ccccc56)cc4)c4ccccc34)cc2)c1. The molecule has 0 heterocycles. The fourth-order valence-electron chi connectivity index (χ4n) is 9.43. The number of benzene rings is 11. The Kier molecular flexibility index (Phi) is 9.48. The summed E-state index contributed by atoms with van der Waals surface area (Å²) in [7, 11) is 0. The highest BCUT2D eigenvalue weighted by molar-refractivity contribution is 6.21. The van der Waals surface area contributed by atoms with Crippen LogP contribution in [0.2, 0.25) is 0 Å². The maximum absolute atomic E-state index is 2.33. The summed E-state index contributed by atoms with van der Waals surface area (Å²) >= 11 is 0. The van der Waals surface area contributed by atoms with E-state index in [2.05, 4.69) is 254 Å². The Balaban J connectivity index is 0.950. The fraction of sp³-hybridized carbons (Fsp3) is 0.0164. The van der Waals surface area contributed by atoms with Crippen LogP contribution in [0.4, 0.5) is 17.1 Å². The molecular formula is C61H43N. The Labute approximate surface area is 363 Å². The molecule has 11 rings (SSSR count). The van der Waals surface area contributed by atoms with Gasteiger partial charge in [0.2, 0.25) is 0 Å². The number of anilines is 3. The third-order valence-corrected chi connectivity index (χ3v) is 12.3. The number of fused-ring (bicyclic) bond motifs is 4. The minimum absolute atomic E-state index is 1.12. The lowest BCUT2D eigenvalue weighted by atomic mass is 9.86. The lowest BCUT2D eigenvalue weighted by molar-refractivity contribution is 1.27. The second-order valence-electron chi connectivity index (χ2n) is 16.1. The molecule has 0 aliphatic rings. The van der Waals surface area contributed by atoms with Crippen LogP contribution in [-0.4, -0.2) is 0 Å². The van der Waals surface area contributed by atoms with Crippen LogP contribution in [0.15, 0.2) is 231 Å². The summed E-state index contributed by atoms with van der Waals surface area (Å²) in [5.74, 6) is 0. The van der Waals surface area contributed by atoms with E-state index in [0.29, 0.717) is 0 Å². The average molecular weight is 790 g/mol. The van der Waals surface area contributed by atoms with Gasteiger partial charge in [0.15, 0.2) is 0 Å². The van der Waals surface area contributed by atoms with Gasteiger partial charge in [0.05, 0.1) is 0 Å². The van der Waals surface area contributed by atoms with Gasteiger partial charge in [0, 0.05) is 17.1 Å². The van der Waals surface area contributed by atoms with E-state index in [1.165, 1.54) is 87.6 Å². The van der Waals surface area contributed by atoms with Crippen LogP contribution in [-0.2, 0) is 0 Å². The smallest absolute Gasteiger partial charge is 0.0464 e. The predicted molar refractivity (Wildman–Crippen MR) is 268 cm³/mol. The molecule has 1 nitrogen and oxygen atoms in total. The molecular weight excluding hydrogens is 747 g/mol. The van der Waals surface area contributed by atoms with Crippen LogP contribution in [0, 0.1) is 6.92 Å². The molecule has 0 saturated carbocycles. The van der Waals surface area contributed by atoms with E-state index in [0.717, 1.165) is 22.6 Å². The molecule has 0 radical (unpaired) electrons. The molecule has 0 amide bonds. The van der Waals surface area contributed by atoms with Crippen LogP contribution in [0.25, 0.3) is 88.6 Å². The van der Waals surface area contributed by atoms with Crippen LogP contribution >= 0.6 is 0 Å². The first-order valence-corrected chi connectivity index (χ1v) is 21.4. The van der Waals surface area contributed by atoms with Gasteiger partial charge in [-0.05, 0) is 136 Å². The molecule has 11 aromatic rings. The number of aryl methyl sites for hydroxylation is 1. The fourth-order valence-corrected chi connectivity index (χ4v) is 9.43. The summed E-state index contributed by atoms with van der Waals surface area (Å²) in [5, 5.41) is 10.0. The third kappa shape index (κ3) is 6.71. The van der Waals surface area contributed by atoms with E-state index < -0.39 is 0 Å². The minimum atomic E-state index is 1.12. The standard InChI is InChI=1S/C61H43N/c1-42-15-13-20-50(41-42)62(48-18-3-2-4-19-48)49-38-35-47(36-39-49)61-58-26-11-9-24-56(58)60(57-25-10-12-27-59(57)61)46-33-30-43(31-34-46)29-32-45-37-40-55(53-23-8-7-22-52(45)53)54-28-14-17-44-16-5-6-21-51(44)54/h2-41H,1H3. The minimum Gasteiger partial charge on any atom is -0.310 e. The van der Waals surface area contributed by atoms with Gasteiger partial charge in [-0.25, -0.2) is 0 Å². The van der Waals surface area contributed by atoms with E-state index >= 15 is 0 Å². The zero-order chi connectivity index (χ0) is 41.4. The van der Waals surface area contributed by atoms with Crippen LogP contribution in [0.1, 0.15) is 16.7 Å². The van der Waals surface area contributed by atoms with E-state index in [1.807, 2.05) is 0 Å². The predicted octanol–water partition coefficient (Wildman–Crippen LogP) is 17.2. The van der Waals surface area contributed by atoms with Crippen molar-refractivity contribution in [3.05, 3.63) is 247 Å². The van der Waals surface area contributed by atoms with Crippen LogP contribution < -0.4 is 4.90 Å². The molecule has 0 fully saturated rings. The maximum atomic E-state index is 2.33. The first kappa shape index (κ1) is 37.0. The number of para-hydroxylation sites is 1. The highest BCUT2D eigenvalue weighted by Crippen LogP contribution is 2.45. The van der Waals surface area contributed by atoms with Crippen molar-refractivity contribution in [3.63, 3.8) is 0 Å². The molecule has 0 N–H and O–H groups in total. The Morgan fingerprint density at radius 1 is 0.323 bits per heavy atom. The summed E-state index contributed by atoms with van der Waals surface area (Å²) in [5.41, 5.74) is 14.4. The first-order valence-electron chi connectivity index (χ1n) is 21.4. The van der Waals surface area contributed by atoms with Gasteiger partial charge < -0.3 is 4.90 Å². The Morgan fingerprint density at radius 3 is 1.45 bits per heavy atom. The van der Waals surface area contributed by atoms with Crippen molar-refractivity contribution in [1.29, 1.82) is 0 Å². The van der Waals surface area contributed by atoms with Crippen LogP contribution in [0.3, 0.4) is 0 Å². The van der Waals surface area contributed by atoms with Gasteiger partial charge >= 0.3 is 0 Å². The zero-order valence-electron chi connectivity index (χ0n) is 34.5. The number of hydrogen-bond acceptors (Lipinski definition) is 1. The summed E-state index contributed by atoms with van der Waals surface area (Å²) in [4.78, 5) is 2.33. The molecule has 0 aromatic heterocycles. The zero-order valence-corrected chi connectivity index (χ0v) is 34.5. The molecule has 62 heavy (non-hydrogen) atoms. The largest absolute Gasteiger partial charge is 0.310 e. The molecule has 0 aliphatic carbocycles. The third-order valence-electron chi connectivity index (χ3n) is 12.3. The second kappa shape index (κ2) is 15.9.